The highest BCUT2D eigenvalue weighted by molar-refractivity contribution is 5.94. The van der Waals surface area contributed by atoms with E-state index >= 15 is 0 Å². The summed E-state index contributed by atoms with van der Waals surface area (Å²) in [5.41, 5.74) is 1.35. The van der Waals surface area contributed by atoms with Gasteiger partial charge < -0.3 is 19.7 Å². The first-order valence-corrected chi connectivity index (χ1v) is 9.94. The Morgan fingerprint density at radius 2 is 1.93 bits per heavy atom. The molecule has 4 heterocycles. The van der Waals surface area contributed by atoms with Crippen LogP contribution in [-0.2, 0) is 6.54 Å². The summed E-state index contributed by atoms with van der Waals surface area (Å²) in [7, 11) is 4.14. The van der Waals surface area contributed by atoms with E-state index in [1.165, 1.54) is 0 Å². The molecular formula is C20H32Cl2N4O2. The second-order valence-electron chi connectivity index (χ2n) is 8.41. The van der Waals surface area contributed by atoms with E-state index in [2.05, 4.69) is 24.3 Å². The van der Waals surface area contributed by atoms with E-state index in [9.17, 15) is 9.59 Å². The lowest BCUT2D eigenvalue weighted by Gasteiger charge is -2.37. The molecule has 8 heteroatoms. The van der Waals surface area contributed by atoms with E-state index < -0.39 is 0 Å². The van der Waals surface area contributed by atoms with Gasteiger partial charge in [-0.25, -0.2) is 0 Å². The van der Waals surface area contributed by atoms with E-state index in [0.717, 1.165) is 57.6 Å². The van der Waals surface area contributed by atoms with Gasteiger partial charge in [0.1, 0.15) is 5.56 Å². The van der Waals surface area contributed by atoms with E-state index in [1.807, 2.05) is 15.5 Å². The average molecular weight is 431 g/mol. The molecule has 3 aliphatic heterocycles. The van der Waals surface area contributed by atoms with E-state index in [-0.39, 0.29) is 36.3 Å². The Kier molecular flexibility index (Phi) is 7.97. The van der Waals surface area contributed by atoms with Crippen molar-refractivity contribution >= 4 is 30.7 Å². The number of nitrogens with zero attached hydrogens (tertiary/aromatic N) is 3. The normalized spacial score (nSPS) is 26.5. The average Bonchev–Trinajstić information content (AvgIpc) is 2.89. The minimum absolute atomic E-state index is 0. The number of hydrogen-bond donors (Lipinski definition) is 1. The highest BCUT2D eigenvalue weighted by Gasteiger charge is 2.33. The van der Waals surface area contributed by atoms with Gasteiger partial charge in [-0.1, -0.05) is 6.42 Å². The van der Waals surface area contributed by atoms with Crippen molar-refractivity contribution in [2.45, 2.75) is 44.2 Å². The molecule has 0 saturated carbocycles. The molecule has 1 aromatic rings. The molecule has 2 saturated heterocycles. The lowest BCUT2D eigenvalue weighted by atomic mass is 9.84. The summed E-state index contributed by atoms with van der Waals surface area (Å²) in [4.78, 5) is 30.4. The zero-order valence-corrected chi connectivity index (χ0v) is 18.4. The molecule has 2 bridgehead atoms. The smallest absolute Gasteiger partial charge is 0.263 e. The van der Waals surface area contributed by atoms with Crippen molar-refractivity contribution in [2.24, 2.45) is 5.92 Å². The summed E-state index contributed by atoms with van der Waals surface area (Å²) in [6.45, 7) is 4.10. The summed E-state index contributed by atoms with van der Waals surface area (Å²) in [5.74, 6) is 0.809. The molecule has 0 radical (unpaired) electrons. The zero-order chi connectivity index (χ0) is 18.3. The van der Waals surface area contributed by atoms with Gasteiger partial charge in [0.15, 0.2) is 0 Å². The van der Waals surface area contributed by atoms with Crippen LogP contribution in [0.1, 0.15) is 47.7 Å². The predicted octanol–water partition coefficient (Wildman–Crippen LogP) is 1.95. The molecular weight excluding hydrogens is 399 g/mol. The van der Waals surface area contributed by atoms with Crippen LogP contribution >= 0.6 is 24.8 Å². The fraction of sp³-hybridized carbons (Fsp3) is 0.700. The van der Waals surface area contributed by atoms with Crippen LogP contribution in [0.15, 0.2) is 16.9 Å². The Morgan fingerprint density at radius 3 is 2.68 bits per heavy atom. The third-order valence-corrected chi connectivity index (χ3v) is 6.40. The minimum atomic E-state index is -0.0899. The van der Waals surface area contributed by atoms with Gasteiger partial charge in [0, 0.05) is 43.8 Å². The number of aromatic nitrogens is 1. The third-order valence-electron chi connectivity index (χ3n) is 6.40. The van der Waals surface area contributed by atoms with Gasteiger partial charge >= 0.3 is 0 Å². The van der Waals surface area contributed by atoms with Crippen LogP contribution in [0, 0.1) is 5.92 Å². The fourth-order valence-corrected chi connectivity index (χ4v) is 4.85. The molecule has 0 aromatic carbocycles. The fourth-order valence-electron chi connectivity index (χ4n) is 4.85. The van der Waals surface area contributed by atoms with Crippen LogP contribution in [0.2, 0.25) is 0 Å². The van der Waals surface area contributed by atoms with Gasteiger partial charge in [-0.15, -0.1) is 24.8 Å². The first-order valence-electron chi connectivity index (χ1n) is 9.94. The van der Waals surface area contributed by atoms with Crippen molar-refractivity contribution in [3.8, 4) is 0 Å². The number of halogens is 2. The number of hydrogen-bond acceptors (Lipinski definition) is 4. The number of amides is 1. The number of fused-ring (bicyclic) bond motifs is 4. The predicted molar refractivity (Wildman–Crippen MR) is 116 cm³/mol. The topological polar surface area (TPSA) is 57.6 Å². The minimum Gasteiger partial charge on any atom is -0.337 e. The molecule has 1 aromatic heterocycles. The third kappa shape index (κ3) is 4.40. The van der Waals surface area contributed by atoms with Gasteiger partial charge in [0.2, 0.25) is 0 Å². The Bertz CT molecular complexity index is 752. The van der Waals surface area contributed by atoms with Crippen LogP contribution < -0.4 is 10.9 Å². The van der Waals surface area contributed by atoms with Crippen molar-refractivity contribution in [3.63, 3.8) is 0 Å². The van der Waals surface area contributed by atoms with Gasteiger partial charge in [-0.2, -0.15) is 0 Å². The Morgan fingerprint density at radius 1 is 1.14 bits per heavy atom. The molecule has 0 aliphatic carbocycles. The Labute approximate surface area is 179 Å². The standard InChI is InChI=1S/C20H30N4O2.2ClH/c1-22(2)16-5-3-4-8-23(13-16)19(25)17-6-7-18-15-9-14(10-21-11-15)12-24(18)20(17)26;;/h6-7,14-16,21H,3-5,8-13H2,1-2H3;2*1H/t14-,15+,16-;;/m0../s1. The van der Waals surface area contributed by atoms with Crippen molar-refractivity contribution in [2.75, 3.05) is 40.3 Å². The summed E-state index contributed by atoms with van der Waals surface area (Å²) in [6, 6.07) is 4.16. The van der Waals surface area contributed by atoms with Crippen LogP contribution in [0.25, 0.3) is 0 Å². The van der Waals surface area contributed by atoms with Crippen LogP contribution in [-0.4, -0.2) is 66.6 Å². The molecule has 6 nitrogen and oxygen atoms in total. The Balaban J connectivity index is 0.00000140. The van der Waals surface area contributed by atoms with Gasteiger partial charge in [0.25, 0.3) is 11.5 Å². The van der Waals surface area contributed by atoms with E-state index in [1.54, 1.807) is 6.07 Å². The van der Waals surface area contributed by atoms with Crippen LogP contribution in [0.4, 0.5) is 0 Å². The summed E-state index contributed by atoms with van der Waals surface area (Å²) < 4.78 is 1.88. The number of carbonyl (C=O) groups excluding carboxylic acids is 1. The largest absolute Gasteiger partial charge is 0.337 e. The van der Waals surface area contributed by atoms with Crippen LogP contribution in [0.5, 0.6) is 0 Å². The molecule has 1 amide bonds. The first-order chi connectivity index (χ1) is 12.5. The number of piperidine rings is 1. The lowest BCUT2D eigenvalue weighted by Crippen LogP contribution is -2.47. The van der Waals surface area contributed by atoms with Gasteiger partial charge in [-0.3, -0.25) is 9.59 Å². The molecule has 3 aliphatic rings. The monoisotopic (exact) mass is 430 g/mol. The second-order valence-corrected chi connectivity index (χ2v) is 8.41. The first kappa shape index (κ1) is 23.2. The SMILES string of the molecule is CN(C)[C@H]1CCCCN(C(=O)c2ccc3n(c2=O)C[C@@H]2CNC[C@H]3C2)C1.Cl.Cl. The molecule has 158 valence electrons. The Hall–Kier alpha value is -1.08. The molecule has 0 unspecified atom stereocenters. The molecule has 4 rings (SSSR count). The summed E-state index contributed by atoms with van der Waals surface area (Å²) >= 11 is 0. The van der Waals surface area contributed by atoms with E-state index in [0.29, 0.717) is 30.0 Å². The second kappa shape index (κ2) is 9.61. The maximum atomic E-state index is 13.2. The molecule has 0 spiro atoms. The number of likely N-dealkylation sites (N-methyl/N-ethyl adjacent to an activating group) is 1. The molecule has 1 N–H and O–H groups in total. The van der Waals surface area contributed by atoms with Crippen molar-refractivity contribution in [3.05, 3.63) is 33.7 Å². The number of likely N-dealkylation sites (tertiary alicyclic amines) is 1. The van der Waals surface area contributed by atoms with Crippen molar-refractivity contribution in [1.82, 2.24) is 19.7 Å². The molecule has 2 fully saturated rings. The van der Waals surface area contributed by atoms with Crippen LogP contribution in [0.3, 0.4) is 0 Å². The summed E-state index contributed by atoms with van der Waals surface area (Å²) in [5, 5.41) is 3.46. The maximum absolute atomic E-state index is 13.2. The number of nitrogens with one attached hydrogen (secondary N) is 1. The zero-order valence-electron chi connectivity index (χ0n) is 16.7. The lowest BCUT2D eigenvalue weighted by molar-refractivity contribution is 0.0722. The number of pyridine rings is 1. The number of rotatable bonds is 2. The van der Waals surface area contributed by atoms with E-state index in [4.69, 9.17) is 0 Å². The summed E-state index contributed by atoms with van der Waals surface area (Å²) in [6.07, 6.45) is 4.40. The maximum Gasteiger partial charge on any atom is 0.263 e. The highest BCUT2D eigenvalue weighted by atomic mass is 35.5. The highest BCUT2D eigenvalue weighted by Crippen LogP contribution is 2.31. The van der Waals surface area contributed by atoms with Gasteiger partial charge in [-0.05, 0) is 58.0 Å². The quantitative estimate of drug-likeness (QED) is 0.778. The molecule has 28 heavy (non-hydrogen) atoms. The van der Waals surface area contributed by atoms with Crippen molar-refractivity contribution < 1.29 is 4.79 Å². The van der Waals surface area contributed by atoms with Crippen molar-refractivity contribution in [1.29, 1.82) is 0 Å². The molecule has 3 atom stereocenters. The number of carbonyl (C=O) groups is 1. The van der Waals surface area contributed by atoms with Gasteiger partial charge in [0.05, 0.1) is 0 Å².